The number of rotatable bonds is 4. The topological polar surface area (TPSA) is 57.0 Å². The first kappa shape index (κ1) is 9.63. The molecule has 0 saturated heterocycles. The van der Waals surface area contributed by atoms with Crippen LogP contribution in [0.15, 0.2) is 6.20 Å². The lowest BCUT2D eigenvalue weighted by Gasteiger charge is -1.97. The highest BCUT2D eigenvalue weighted by Gasteiger charge is 2.03. The van der Waals surface area contributed by atoms with Gasteiger partial charge in [-0.1, -0.05) is 5.21 Å². The number of aryl methyl sites for hydroxylation is 1. The Morgan fingerprint density at radius 3 is 3.08 bits per heavy atom. The predicted octanol–water partition coefficient (Wildman–Crippen LogP) is 0.311. The first-order valence-electron chi connectivity index (χ1n) is 3.78. The number of esters is 1. The Kier molecular flexibility index (Phi) is 3.36. The van der Waals surface area contributed by atoms with Gasteiger partial charge >= 0.3 is 5.97 Å². The molecule has 0 radical (unpaired) electrons. The number of aromatic nitrogens is 3. The molecular weight excluding hydrogens is 177 g/mol. The molecule has 1 rings (SSSR count). The van der Waals surface area contributed by atoms with E-state index in [1.165, 1.54) is 18.0 Å². The lowest BCUT2D eigenvalue weighted by Crippen LogP contribution is -2.07. The maximum absolute atomic E-state index is 12.0. The van der Waals surface area contributed by atoms with Gasteiger partial charge < -0.3 is 4.74 Å². The Morgan fingerprint density at radius 1 is 1.77 bits per heavy atom. The molecule has 1 heterocycles. The van der Waals surface area contributed by atoms with E-state index in [0.29, 0.717) is 6.54 Å². The summed E-state index contributed by atoms with van der Waals surface area (Å²) in [7, 11) is 1.32. The minimum absolute atomic E-state index is 0.214. The third-order valence-corrected chi connectivity index (χ3v) is 1.50. The van der Waals surface area contributed by atoms with Gasteiger partial charge in [-0.3, -0.25) is 9.48 Å². The largest absolute Gasteiger partial charge is 0.469 e. The van der Waals surface area contributed by atoms with Crippen molar-refractivity contribution in [3.05, 3.63) is 11.9 Å². The van der Waals surface area contributed by atoms with E-state index in [4.69, 9.17) is 0 Å². The number of carbonyl (C=O) groups excluding carboxylic acids is 1. The Hall–Kier alpha value is -1.46. The lowest BCUT2D eigenvalue weighted by molar-refractivity contribution is -0.140. The first-order chi connectivity index (χ1) is 6.26. The summed E-state index contributed by atoms with van der Waals surface area (Å²) in [5, 5.41) is 7.14. The summed E-state index contributed by atoms with van der Waals surface area (Å²) in [6.45, 7) is -0.280. The van der Waals surface area contributed by atoms with Gasteiger partial charge in [0, 0.05) is 0 Å². The molecule has 5 nitrogen and oxygen atoms in total. The molecule has 0 aliphatic carbocycles. The number of ether oxygens (including phenoxy) is 1. The van der Waals surface area contributed by atoms with Gasteiger partial charge in [0.1, 0.15) is 12.4 Å². The van der Waals surface area contributed by atoms with Crippen LogP contribution >= 0.6 is 0 Å². The smallest absolute Gasteiger partial charge is 0.307 e. The highest BCUT2D eigenvalue weighted by molar-refractivity contribution is 5.68. The summed E-state index contributed by atoms with van der Waals surface area (Å²) in [4.78, 5) is 10.7. The summed E-state index contributed by atoms with van der Waals surface area (Å²) in [6.07, 6.45) is 1.68. The van der Waals surface area contributed by atoms with Crippen LogP contribution in [0.2, 0.25) is 0 Å². The molecule has 1 aromatic rings. The van der Waals surface area contributed by atoms with Gasteiger partial charge in [-0.05, 0) is 0 Å². The van der Waals surface area contributed by atoms with E-state index < -0.39 is 6.67 Å². The van der Waals surface area contributed by atoms with E-state index in [1.807, 2.05) is 0 Å². The molecule has 0 atom stereocenters. The average molecular weight is 187 g/mol. The molecule has 72 valence electrons. The molecule has 0 aliphatic heterocycles. The SMILES string of the molecule is COC(=O)CCn1cc(CF)nn1. The number of hydrogen-bond acceptors (Lipinski definition) is 4. The van der Waals surface area contributed by atoms with Crippen LogP contribution in [0.25, 0.3) is 0 Å². The molecule has 0 unspecified atom stereocenters. The molecule has 13 heavy (non-hydrogen) atoms. The molecule has 0 aromatic carbocycles. The van der Waals surface area contributed by atoms with Crippen molar-refractivity contribution in [3.63, 3.8) is 0 Å². The minimum Gasteiger partial charge on any atom is -0.469 e. The number of carbonyl (C=O) groups is 1. The molecule has 0 amide bonds. The van der Waals surface area contributed by atoms with Crippen molar-refractivity contribution in [2.24, 2.45) is 0 Å². The molecule has 0 aliphatic rings. The van der Waals surface area contributed by atoms with Crippen molar-refractivity contribution < 1.29 is 13.9 Å². The van der Waals surface area contributed by atoms with Gasteiger partial charge in [0.25, 0.3) is 0 Å². The molecule has 0 bridgehead atoms. The van der Waals surface area contributed by atoms with Gasteiger partial charge in [0.2, 0.25) is 0 Å². The summed E-state index contributed by atoms with van der Waals surface area (Å²) >= 11 is 0. The van der Waals surface area contributed by atoms with Gasteiger partial charge in [-0.2, -0.15) is 0 Å². The zero-order valence-corrected chi connectivity index (χ0v) is 7.23. The quantitative estimate of drug-likeness (QED) is 0.636. The third-order valence-electron chi connectivity index (χ3n) is 1.50. The van der Waals surface area contributed by atoms with Crippen LogP contribution in [0.3, 0.4) is 0 Å². The third kappa shape index (κ3) is 2.81. The number of alkyl halides is 1. The molecule has 0 spiro atoms. The van der Waals surface area contributed by atoms with Crippen molar-refractivity contribution >= 4 is 5.97 Å². The summed E-state index contributed by atoms with van der Waals surface area (Å²) in [5.41, 5.74) is 0.268. The van der Waals surface area contributed by atoms with Crippen molar-refractivity contribution in [2.75, 3.05) is 7.11 Å². The summed E-state index contributed by atoms with van der Waals surface area (Å²) in [5.74, 6) is -0.322. The van der Waals surface area contributed by atoms with Crippen LogP contribution in [0.1, 0.15) is 12.1 Å². The highest BCUT2D eigenvalue weighted by Crippen LogP contribution is 1.96. The maximum atomic E-state index is 12.0. The average Bonchev–Trinajstić information content (AvgIpc) is 2.61. The van der Waals surface area contributed by atoms with E-state index in [1.54, 1.807) is 0 Å². The molecule has 0 N–H and O–H groups in total. The summed E-state index contributed by atoms with van der Waals surface area (Å²) in [6, 6.07) is 0. The van der Waals surface area contributed by atoms with Gasteiger partial charge in [0.05, 0.1) is 26.3 Å². The second-order valence-corrected chi connectivity index (χ2v) is 2.43. The van der Waals surface area contributed by atoms with E-state index in [2.05, 4.69) is 15.0 Å². The number of halogens is 1. The van der Waals surface area contributed by atoms with E-state index in [9.17, 15) is 9.18 Å². The fourth-order valence-corrected chi connectivity index (χ4v) is 0.817. The fraction of sp³-hybridized carbons (Fsp3) is 0.571. The van der Waals surface area contributed by atoms with Crippen LogP contribution in [-0.4, -0.2) is 28.1 Å². The predicted molar refractivity (Wildman–Crippen MR) is 41.5 cm³/mol. The van der Waals surface area contributed by atoms with Crippen LogP contribution in [0.5, 0.6) is 0 Å². The highest BCUT2D eigenvalue weighted by atomic mass is 19.1. The maximum Gasteiger partial charge on any atom is 0.307 e. The Balaban J connectivity index is 2.41. The minimum atomic E-state index is -0.641. The number of nitrogens with zero attached hydrogens (tertiary/aromatic N) is 3. The molecule has 6 heteroatoms. The zero-order chi connectivity index (χ0) is 9.68. The van der Waals surface area contributed by atoms with Crippen molar-refractivity contribution in [3.8, 4) is 0 Å². The molecule has 1 aromatic heterocycles. The van der Waals surface area contributed by atoms with Crippen LogP contribution in [-0.2, 0) is 22.8 Å². The van der Waals surface area contributed by atoms with E-state index in [-0.39, 0.29) is 18.1 Å². The van der Waals surface area contributed by atoms with Crippen LogP contribution in [0.4, 0.5) is 4.39 Å². The van der Waals surface area contributed by atoms with Crippen LogP contribution < -0.4 is 0 Å². The molecule has 0 saturated carbocycles. The molecule has 0 fully saturated rings. The van der Waals surface area contributed by atoms with E-state index >= 15 is 0 Å². The fourth-order valence-electron chi connectivity index (χ4n) is 0.817. The van der Waals surface area contributed by atoms with Gasteiger partial charge in [-0.15, -0.1) is 5.10 Å². The Labute approximate surface area is 74.5 Å². The van der Waals surface area contributed by atoms with Crippen molar-refractivity contribution in [1.29, 1.82) is 0 Å². The normalized spacial score (nSPS) is 10.0. The van der Waals surface area contributed by atoms with Crippen LogP contribution in [0, 0.1) is 0 Å². The molecular formula is C7H10FN3O2. The Bertz CT molecular complexity index is 287. The second kappa shape index (κ2) is 4.54. The van der Waals surface area contributed by atoms with Crippen molar-refractivity contribution in [1.82, 2.24) is 15.0 Å². The lowest BCUT2D eigenvalue weighted by atomic mass is 10.4. The first-order valence-corrected chi connectivity index (χ1v) is 3.78. The number of methoxy groups -OCH3 is 1. The van der Waals surface area contributed by atoms with Gasteiger partial charge in [-0.25, -0.2) is 4.39 Å². The summed E-state index contributed by atoms with van der Waals surface area (Å²) < 4.78 is 17.8. The van der Waals surface area contributed by atoms with Crippen molar-refractivity contribution in [2.45, 2.75) is 19.6 Å². The van der Waals surface area contributed by atoms with E-state index in [0.717, 1.165) is 0 Å². The monoisotopic (exact) mass is 187 g/mol. The number of hydrogen-bond donors (Lipinski definition) is 0. The zero-order valence-electron chi connectivity index (χ0n) is 7.23. The standard InChI is InChI=1S/C7H10FN3O2/c1-13-7(12)2-3-11-5-6(4-8)9-10-11/h5H,2-4H2,1H3. The Morgan fingerprint density at radius 2 is 2.54 bits per heavy atom. The second-order valence-electron chi connectivity index (χ2n) is 2.43. The van der Waals surface area contributed by atoms with Gasteiger partial charge in [0.15, 0.2) is 0 Å².